The van der Waals surface area contributed by atoms with E-state index in [2.05, 4.69) is 18.5 Å². The normalized spacial score (nSPS) is 11.4. The van der Waals surface area contributed by atoms with Gasteiger partial charge in [0.1, 0.15) is 6.04 Å². The number of hydrogen-bond donors (Lipinski definition) is 1. The molecule has 0 spiro atoms. The molecular formula is C16H18Cl2N2O2. The summed E-state index contributed by atoms with van der Waals surface area (Å²) >= 11 is 11.8. The Kier molecular flexibility index (Phi) is 7.15. The quantitative estimate of drug-likeness (QED) is 0.774. The zero-order chi connectivity index (χ0) is 16.7. The maximum atomic E-state index is 12.3. The first kappa shape index (κ1) is 18.3. The van der Waals surface area contributed by atoms with Crippen LogP contribution in [0.2, 0.25) is 10.0 Å². The van der Waals surface area contributed by atoms with Crippen LogP contribution >= 0.6 is 23.2 Å². The number of halogens is 2. The van der Waals surface area contributed by atoms with Crippen molar-refractivity contribution in [1.82, 2.24) is 10.2 Å². The lowest BCUT2D eigenvalue weighted by Crippen LogP contribution is -2.47. The van der Waals surface area contributed by atoms with Crippen LogP contribution < -0.4 is 5.32 Å². The molecule has 1 rings (SSSR count). The zero-order valence-electron chi connectivity index (χ0n) is 12.3. The van der Waals surface area contributed by atoms with Gasteiger partial charge in [0.05, 0.1) is 10.6 Å². The number of amides is 2. The molecule has 0 aromatic heterocycles. The molecule has 0 radical (unpaired) electrons. The Morgan fingerprint density at radius 3 is 2.36 bits per heavy atom. The van der Waals surface area contributed by atoms with Crippen LogP contribution in [-0.2, 0) is 4.79 Å². The minimum atomic E-state index is -0.695. The maximum Gasteiger partial charge on any atom is 0.253 e. The van der Waals surface area contributed by atoms with E-state index in [4.69, 9.17) is 23.2 Å². The third-order valence-electron chi connectivity index (χ3n) is 2.90. The Morgan fingerprint density at radius 1 is 1.27 bits per heavy atom. The Morgan fingerprint density at radius 2 is 1.86 bits per heavy atom. The molecule has 118 valence electrons. The van der Waals surface area contributed by atoms with Crippen molar-refractivity contribution in [1.29, 1.82) is 0 Å². The Hall–Kier alpha value is -1.78. The van der Waals surface area contributed by atoms with Crippen LogP contribution in [0.4, 0.5) is 0 Å². The van der Waals surface area contributed by atoms with Gasteiger partial charge in [-0.3, -0.25) is 9.59 Å². The Labute approximate surface area is 140 Å². The highest BCUT2D eigenvalue weighted by Gasteiger charge is 2.22. The van der Waals surface area contributed by atoms with Gasteiger partial charge in [-0.25, -0.2) is 0 Å². The number of hydrogen-bond acceptors (Lipinski definition) is 2. The van der Waals surface area contributed by atoms with Gasteiger partial charge in [-0.15, -0.1) is 13.2 Å². The van der Waals surface area contributed by atoms with Crippen molar-refractivity contribution in [2.24, 2.45) is 0 Å². The predicted octanol–water partition coefficient (Wildman–Crippen LogP) is 3.31. The number of carbonyl (C=O) groups excluding carboxylic acids is 2. The van der Waals surface area contributed by atoms with E-state index in [-0.39, 0.29) is 16.5 Å². The molecule has 0 saturated heterocycles. The first-order valence-corrected chi connectivity index (χ1v) is 7.42. The summed E-state index contributed by atoms with van der Waals surface area (Å²) < 4.78 is 0. The molecule has 0 aliphatic carbocycles. The summed E-state index contributed by atoms with van der Waals surface area (Å²) in [5.74, 6) is -0.655. The van der Waals surface area contributed by atoms with Gasteiger partial charge in [0.15, 0.2) is 0 Å². The highest BCUT2D eigenvalue weighted by atomic mass is 35.5. The SMILES string of the molecule is C=CCN(CC=C)C(=O)C(C)NC(=O)c1ccc(Cl)cc1Cl. The van der Waals surface area contributed by atoms with E-state index >= 15 is 0 Å². The third kappa shape index (κ3) is 4.90. The first-order chi connectivity index (χ1) is 10.4. The molecule has 1 unspecified atom stereocenters. The number of nitrogens with one attached hydrogen (secondary N) is 1. The smallest absolute Gasteiger partial charge is 0.253 e. The molecule has 0 saturated carbocycles. The van der Waals surface area contributed by atoms with Gasteiger partial charge in [0.2, 0.25) is 5.91 Å². The molecule has 0 aliphatic rings. The van der Waals surface area contributed by atoms with Crippen LogP contribution in [0.3, 0.4) is 0 Å². The van der Waals surface area contributed by atoms with Gasteiger partial charge in [0.25, 0.3) is 5.91 Å². The van der Waals surface area contributed by atoms with Crippen molar-refractivity contribution in [2.75, 3.05) is 13.1 Å². The van der Waals surface area contributed by atoms with Crippen molar-refractivity contribution in [3.8, 4) is 0 Å². The number of rotatable bonds is 7. The van der Waals surface area contributed by atoms with Gasteiger partial charge < -0.3 is 10.2 Å². The first-order valence-electron chi connectivity index (χ1n) is 6.67. The van der Waals surface area contributed by atoms with Gasteiger partial charge in [-0.2, -0.15) is 0 Å². The summed E-state index contributed by atoms with van der Waals surface area (Å²) in [5, 5.41) is 3.30. The molecule has 1 atom stereocenters. The van der Waals surface area contributed by atoms with Gasteiger partial charge in [0, 0.05) is 18.1 Å². The molecule has 2 amide bonds. The van der Waals surface area contributed by atoms with E-state index in [9.17, 15) is 9.59 Å². The van der Waals surface area contributed by atoms with Crippen LogP contribution in [0.15, 0.2) is 43.5 Å². The minimum Gasteiger partial charge on any atom is -0.340 e. The van der Waals surface area contributed by atoms with Gasteiger partial charge in [-0.05, 0) is 25.1 Å². The molecule has 0 heterocycles. The summed E-state index contributed by atoms with van der Waals surface area (Å²) in [4.78, 5) is 26.0. The van der Waals surface area contributed by atoms with Crippen LogP contribution in [0.5, 0.6) is 0 Å². The minimum absolute atomic E-state index is 0.224. The van der Waals surface area contributed by atoms with E-state index in [0.29, 0.717) is 18.1 Å². The molecule has 22 heavy (non-hydrogen) atoms. The molecule has 0 fully saturated rings. The fraction of sp³-hybridized carbons (Fsp3) is 0.250. The summed E-state index contributed by atoms with van der Waals surface area (Å²) in [7, 11) is 0. The monoisotopic (exact) mass is 340 g/mol. The Bertz CT molecular complexity index is 578. The number of nitrogens with zero attached hydrogens (tertiary/aromatic N) is 1. The van der Waals surface area contributed by atoms with Crippen LogP contribution in [-0.4, -0.2) is 35.8 Å². The molecule has 0 aliphatic heterocycles. The molecule has 0 bridgehead atoms. The van der Waals surface area contributed by atoms with E-state index in [1.807, 2.05) is 0 Å². The summed E-state index contributed by atoms with van der Waals surface area (Å²) in [6.45, 7) is 9.59. The lowest BCUT2D eigenvalue weighted by Gasteiger charge is -2.24. The second kappa shape index (κ2) is 8.61. The second-order valence-corrected chi connectivity index (χ2v) is 5.48. The third-order valence-corrected chi connectivity index (χ3v) is 3.45. The number of carbonyl (C=O) groups is 2. The van der Waals surface area contributed by atoms with Crippen molar-refractivity contribution >= 4 is 35.0 Å². The van der Waals surface area contributed by atoms with E-state index < -0.39 is 11.9 Å². The average Bonchev–Trinajstić information content (AvgIpc) is 2.45. The largest absolute Gasteiger partial charge is 0.340 e. The average molecular weight is 341 g/mol. The van der Waals surface area contributed by atoms with Crippen molar-refractivity contribution in [2.45, 2.75) is 13.0 Å². The van der Waals surface area contributed by atoms with E-state index in [1.54, 1.807) is 25.1 Å². The highest BCUT2D eigenvalue weighted by Crippen LogP contribution is 2.20. The molecule has 1 aromatic rings. The molecule has 1 aromatic carbocycles. The fourth-order valence-corrected chi connectivity index (χ4v) is 2.34. The van der Waals surface area contributed by atoms with Gasteiger partial charge in [-0.1, -0.05) is 35.4 Å². The fourth-order valence-electron chi connectivity index (χ4n) is 1.85. The predicted molar refractivity (Wildman–Crippen MR) is 90.4 cm³/mol. The zero-order valence-corrected chi connectivity index (χ0v) is 13.8. The van der Waals surface area contributed by atoms with Crippen molar-refractivity contribution in [3.05, 3.63) is 59.1 Å². The van der Waals surface area contributed by atoms with E-state index in [0.717, 1.165) is 0 Å². The van der Waals surface area contributed by atoms with Crippen LogP contribution in [0, 0.1) is 0 Å². The molecule has 4 nitrogen and oxygen atoms in total. The second-order valence-electron chi connectivity index (χ2n) is 4.64. The van der Waals surface area contributed by atoms with Gasteiger partial charge >= 0.3 is 0 Å². The Balaban J connectivity index is 2.79. The summed E-state index contributed by atoms with van der Waals surface area (Å²) in [5.41, 5.74) is 0.268. The lowest BCUT2D eigenvalue weighted by atomic mass is 10.2. The lowest BCUT2D eigenvalue weighted by molar-refractivity contribution is -0.131. The summed E-state index contributed by atoms with van der Waals surface area (Å²) in [6, 6.07) is 3.87. The van der Waals surface area contributed by atoms with E-state index in [1.165, 1.54) is 17.0 Å². The van der Waals surface area contributed by atoms with Crippen molar-refractivity contribution in [3.63, 3.8) is 0 Å². The highest BCUT2D eigenvalue weighted by molar-refractivity contribution is 6.36. The molecule has 1 N–H and O–H groups in total. The standard InChI is InChI=1S/C16H18Cl2N2O2/c1-4-8-20(9-5-2)16(22)11(3)19-15(21)13-7-6-12(17)10-14(13)18/h4-7,10-11H,1-2,8-9H2,3H3,(H,19,21). The maximum absolute atomic E-state index is 12.3. The topological polar surface area (TPSA) is 49.4 Å². The van der Waals surface area contributed by atoms with Crippen molar-refractivity contribution < 1.29 is 9.59 Å². The molecule has 6 heteroatoms. The van der Waals surface area contributed by atoms with Crippen LogP contribution in [0.1, 0.15) is 17.3 Å². The summed E-state index contributed by atoms with van der Waals surface area (Å²) in [6.07, 6.45) is 3.23. The number of benzene rings is 1. The molecular weight excluding hydrogens is 323 g/mol. The van der Waals surface area contributed by atoms with Crippen LogP contribution in [0.25, 0.3) is 0 Å².